The minimum Gasteiger partial charge on any atom is -0.478 e. The number of nitrogens with one attached hydrogen (secondary N) is 1. The summed E-state index contributed by atoms with van der Waals surface area (Å²) in [4.78, 5) is 25.3. The highest BCUT2D eigenvalue weighted by Gasteiger charge is 2.37. The molecule has 190 valence electrons. The highest BCUT2D eigenvalue weighted by atomic mass is 32.1. The number of hydrogen-bond donors (Lipinski definition) is 3. The van der Waals surface area contributed by atoms with Gasteiger partial charge in [-0.15, -0.1) is 11.3 Å². The fraction of sp³-hybridized carbons (Fsp3) is 0.231. The van der Waals surface area contributed by atoms with Crippen molar-refractivity contribution in [1.29, 1.82) is 0 Å². The Labute approximate surface area is 214 Å². The van der Waals surface area contributed by atoms with Crippen LogP contribution in [0.3, 0.4) is 0 Å². The lowest BCUT2D eigenvalue weighted by Gasteiger charge is -2.34. The minimum atomic E-state index is -4.48. The van der Waals surface area contributed by atoms with Gasteiger partial charge in [0.25, 0.3) is 0 Å². The number of alkyl halides is 3. The molecule has 0 aliphatic heterocycles. The van der Waals surface area contributed by atoms with Gasteiger partial charge in [-0.25, -0.2) is 19.7 Å². The Hall–Kier alpha value is -3.83. The van der Waals surface area contributed by atoms with Gasteiger partial charge in [0.2, 0.25) is 0 Å². The number of halogens is 3. The van der Waals surface area contributed by atoms with Gasteiger partial charge in [0.1, 0.15) is 16.6 Å². The molecule has 1 aliphatic rings. The van der Waals surface area contributed by atoms with E-state index in [-0.39, 0.29) is 11.4 Å². The lowest BCUT2D eigenvalue weighted by atomic mass is 9.77. The molecule has 0 amide bonds. The van der Waals surface area contributed by atoms with E-state index < -0.39 is 23.2 Å². The normalized spacial score (nSPS) is 17.3. The second-order valence-electron chi connectivity index (χ2n) is 9.00. The number of aromatic carboxylic acids is 1. The zero-order valence-corrected chi connectivity index (χ0v) is 20.5. The van der Waals surface area contributed by atoms with E-state index >= 15 is 0 Å². The van der Waals surface area contributed by atoms with Crippen molar-refractivity contribution < 1.29 is 23.1 Å². The Balaban J connectivity index is 1.46. The second kappa shape index (κ2) is 9.24. The molecule has 3 heterocycles. The quantitative estimate of drug-likeness (QED) is 0.297. The average Bonchev–Trinajstić information content (AvgIpc) is 3.35. The first-order chi connectivity index (χ1) is 17.5. The molecule has 0 bridgehead atoms. The van der Waals surface area contributed by atoms with Gasteiger partial charge in [-0.2, -0.15) is 13.2 Å². The van der Waals surface area contributed by atoms with Gasteiger partial charge >= 0.3 is 12.1 Å². The maximum Gasteiger partial charge on any atom is 0.416 e. The standard InChI is InChI=1S/C26H22F3N5O2S/c1-14-9-19(33-22(10-14)34-21-12-17(6-8-31-21)26(27,28)29)20-13-32-24(37-20)25(30)7-2-3-15-11-16(23(35)36)4-5-18(15)25/h4-6,8-13H,2-3,7,30H2,1H3,(H,35,36)(H,31,33,34)/t25-/m1/s1. The van der Waals surface area contributed by atoms with Gasteiger partial charge in [-0.1, -0.05) is 6.07 Å². The average molecular weight is 526 g/mol. The first-order valence-electron chi connectivity index (χ1n) is 11.4. The molecule has 0 fully saturated rings. The number of rotatable bonds is 5. The summed E-state index contributed by atoms with van der Waals surface area (Å²) < 4.78 is 39.2. The zero-order chi connectivity index (χ0) is 26.4. The van der Waals surface area contributed by atoms with Gasteiger partial charge in [0.15, 0.2) is 0 Å². The first-order valence-corrected chi connectivity index (χ1v) is 12.3. The third kappa shape index (κ3) is 4.92. The van der Waals surface area contributed by atoms with E-state index in [2.05, 4.69) is 20.3 Å². The predicted octanol–water partition coefficient (Wildman–Crippen LogP) is 5.91. The maximum absolute atomic E-state index is 13.1. The summed E-state index contributed by atoms with van der Waals surface area (Å²) in [5, 5.41) is 12.9. The van der Waals surface area contributed by atoms with Crippen LogP contribution in [0.25, 0.3) is 10.6 Å². The van der Waals surface area contributed by atoms with Crippen LogP contribution in [0, 0.1) is 6.92 Å². The number of carboxylic acid groups (broad SMARTS) is 1. The van der Waals surface area contributed by atoms with Gasteiger partial charge in [0.05, 0.1) is 27.2 Å². The number of nitrogens with zero attached hydrogens (tertiary/aromatic N) is 3. The van der Waals surface area contributed by atoms with Crippen molar-refractivity contribution in [3.8, 4) is 10.6 Å². The molecule has 7 nitrogen and oxygen atoms in total. The van der Waals surface area contributed by atoms with Crippen LogP contribution >= 0.6 is 11.3 Å². The molecular weight excluding hydrogens is 503 g/mol. The summed E-state index contributed by atoms with van der Waals surface area (Å²) >= 11 is 1.39. The van der Waals surface area contributed by atoms with E-state index in [0.29, 0.717) is 22.9 Å². The Kier molecular flexibility index (Phi) is 6.20. The number of pyridine rings is 2. The molecule has 1 aromatic carbocycles. The van der Waals surface area contributed by atoms with Crippen molar-refractivity contribution in [2.75, 3.05) is 5.32 Å². The van der Waals surface area contributed by atoms with Gasteiger partial charge < -0.3 is 16.2 Å². The van der Waals surface area contributed by atoms with Crippen molar-refractivity contribution in [3.05, 3.63) is 87.7 Å². The molecule has 1 atom stereocenters. The van der Waals surface area contributed by atoms with E-state index in [1.165, 1.54) is 11.3 Å². The Morgan fingerprint density at radius 3 is 2.70 bits per heavy atom. The summed E-state index contributed by atoms with van der Waals surface area (Å²) in [7, 11) is 0. The fourth-order valence-electron chi connectivity index (χ4n) is 4.55. The van der Waals surface area contributed by atoms with E-state index in [1.54, 1.807) is 30.5 Å². The van der Waals surface area contributed by atoms with Crippen molar-refractivity contribution in [2.24, 2.45) is 5.73 Å². The summed E-state index contributed by atoms with van der Waals surface area (Å²) in [6.07, 6.45) is 0.499. The summed E-state index contributed by atoms with van der Waals surface area (Å²) in [6.45, 7) is 1.86. The Bertz CT molecular complexity index is 1500. The number of thiazole rings is 1. The minimum absolute atomic E-state index is 0.0318. The molecule has 0 spiro atoms. The fourth-order valence-corrected chi connectivity index (χ4v) is 5.57. The molecule has 4 aromatic rings. The Morgan fingerprint density at radius 1 is 1.14 bits per heavy atom. The topological polar surface area (TPSA) is 114 Å². The molecule has 5 rings (SSSR count). The van der Waals surface area contributed by atoms with Crippen molar-refractivity contribution in [3.63, 3.8) is 0 Å². The highest BCUT2D eigenvalue weighted by molar-refractivity contribution is 7.15. The molecule has 1 aliphatic carbocycles. The summed E-state index contributed by atoms with van der Waals surface area (Å²) in [6, 6.07) is 10.4. The SMILES string of the molecule is Cc1cc(Nc2cc(C(F)(F)F)ccn2)nc(-c2cnc([C@@]3(N)CCCc4cc(C(=O)O)ccc43)s2)c1. The smallest absolute Gasteiger partial charge is 0.416 e. The third-order valence-electron chi connectivity index (χ3n) is 6.30. The van der Waals surface area contributed by atoms with E-state index in [1.807, 2.05) is 13.0 Å². The molecule has 4 N–H and O–H groups in total. The van der Waals surface area contributed by atoms with E-state index in [9.17, 15) is 23.1 Å². The van der Waals surface area contributed by atoms with E-state index in [0.717, 1.165) is 52.7 Å². The number of carbonyl (C=O) groups is 1. The number of aryl methyl sites for hydroxylation is 2. The number of anilines is 2. The third-order valence-corrected chi connectivity index (χ3v) is 7.50. The number of hydrogen-bond acceptors (Lipinski definition) is 7. The molecule has 0 saturated heterocycles. The number of aromatic nitrogens is 3. The monoisotopic (exact) mass is 525 g/mol. The van der Waals surface area contributed by atoms with Crippen LogP contribution in [0.2, 0.25) is 0 Å². The maximum atomic E-state index is 13.1. The molecule has 0 unspecified atom stereocenters. The van der Waals surface area contributed by atoms with E-state index in [4.69, 9.17) is 5.73 Å². The molecule has 3 aromatic heterocycles. The van der Waals surface area contributed by atoms with Crippen molar-refractivity contribution in [1.82, 2.24) is 15.0 Å². The van der Waals surface area contributed by atoms with Crippen LogP contribution in [0.1, 0.15) is 50.5 Å². The van der Waals surface area contributed by atoms with Gasteiger partial charge in [0, 0.05) is 12.4 Å². The number of fused-ring (bicyclic) bond motifs is 1. The van der Waals surface area contributed by atoms with Crippen molar-refractivity contribution >= 4 is 28.9 Å². The van der Waals surface area contributed by atoms with Gasteiger partial charge in [-0.3, -0.25) is 0 Å². The van der Waals surface area contributed by atoms with Crippen LogP contribution < -0.4 is 11.1 Å². The van der Waals surface area contributed by atoms with Crippen molar-refractivity contribution in [2.45, 2.75) is 37.9 Å². The van der Waals surface area contributed by atoms with Crippen LogP contribution in [0.5, 0.6) is 0 Å². The number of nitrogens with two attached hydrogens (primary N) is 1. The number of carboxylic acids is 1. The summed E-state index contributed by atoms with van der Waals surface area (Å²) in [5.74, 6) is -0.601. The van der Waals surface area contributed by atoms with Crippen LogP contribution in [-0.2, 0) is 18.1 Å². The van der Waals surface area contributed by atoms with Crippen LogP contribution in [0.4, 0.5) is 24.8 Å². The van der Waals surface area contributed by atoms with Crippen LogP contribution in [-0.4, -0.2) is 26.0 Å². The molecule has 37 heavy (non-hydrogen) atoms. The molecule has 0 saturated carbocycles. The molecular formula is C26H22F3N5O2S. The lowest BCUT2D eigenvalue weighted by Crippen LogP contribution is -2.41. The second-order valence-corrected chi connectivity index (χ2v) is 10.0. The van der Waals surface area contributed by atoms with Crippen LogP contribution in [0.15, 0.2) is 54.9 Å². The predicted molar refractivity (Wildman–Crippen MR) is 134 cm³/mol. The van der Waals surface area contributed by atoms with Gasteiger partial charge in [-0.05, 0) is 79.3 Å². The Morgan fingerprint density at radius 2 is 1.95 bits per heavy atom. The molecule has 11 heteroatoms. The lowest BCUT2D eigenvalue weighted by molar-refractivity contribution is -0.137. The largest absolute Gasteiger partial charge is 0.478 e. The molecule has 0 radical (unpaired) electrons. The first kappa shape index (κ1) is 24.8. The number of benzene rings is 1. The highest BCUT2D eigenvalue weighted by Crippen LogP contribution is 2.42. The zero-order valence-electron chi connectivity index (χ0n) is 19.6. The summed E-state index contributed by atoms with van der Waals surface area (Å²) in [5.41, 5.74) is 8.66.